The highest BCUT2D eigenvalue weighted by Crippen LogP contribution is 2.16. The first-order chi connectivity index (χ1) is 7.65. The third-order valence-corrected chi connectivity index (χ3v) is 1.99. The van der Waals surface area contributed by atoms with Gasteiger partial charge in [-0.15, -0.1) is 0 Å². The van der Waals surface area contributed by atoms with E-state index in [2.05, 4.69) is 10.3 Å². The van der Waals surface area contributed by atoms with Crippen molar-refractivity contribution in [1.29, 1.82) is 0 Å². The van der Waals surface area contributed by atoms with Gasteiger partial charge in [0.15, 0.2) is 5.69 Å². The lowest BCUT2D eigenvalue weighted by Crippen LogP contribution is -1.97. The molecule has 5 heteroatoms. The number of aryl methyl sites for hydroxylation is 1. The summed E-state index contributed by atoms with van der Waals surface area (Å²) in [4.78, 5) is 14.3. The molecule has 1 aromatic heterocycles. The van der Waals surface area contributed by atoms with E-state index in [4.69, 9.17) is 9.52 Å². The molecule has 0 spiro atoms. The average molecular weight is 218 g/mol. The number of benzene rings is 1. The first kappa shape index (κ1) is 10.2. The molecule has 0 radical (unpaired) electrons. The number of aromatic nitrogens is 1. The summed E-state index contributed by atoms with van der Waals surface area (Å²) in [5.74, 6) is -1.11. The van der Waals surface area contributed by atoms with Gasteiger partial charge in [-0.25, -0.2) is 4.79 Å². The Morgan fingerprint density at radius 1 is 1.50 bits per heavy atom. The van der Waals surface area contributed by atoms with Gasteiger partial charge in [0.05, 0.1) is 0 Å². The number of rotatable bonds is 3. The van der Waals surface area contributed by atoms with E-state index < -0.39 is 5.97 Å². The topological polar surface area (TPSA) is 75.4 Å². The maximum Gasteiger partial charge on any atom is 0.357 e. The predicted molar refractivity (Wildman–Crippen MR) is 57.9 cm³/mol. The van der Waals surface area contributed by atoms with Gasteiger partial charge in [-0.05, 0) is 24.6 Å². The van der Waals surface area contributed by atoms with E-state index >= 15 is 0 Å². The van der Waals surface area contributed by atoms with Crippen molar-refractivity contribution < 1.29 is 14.3 Å². The summed E-state index contributed by atoms with van der Waals surface area (Å²) >= 11 is 0. The second-order valence-electron chi connectivity index (χ2n) is 3.34. The molecule has 0 saturated carbocycles. The number of oxazole rings is 1. The van der Waals surface area contributed by atoms with Gasteiger partial charge < -0.3 is 14.8 Å². The summed E-state index contributed by atoms with van der Waals surface area (Å²) < 4.78 is 4.97. The highest BCUT2D eigenvalue weighted by Gasteiger charge is 2.09. The zero-order valence-corrected chi connectivity index (χ0v) is 8.60. The molecule has 0 bridgehead atoms. The van der Waals surface area contributed by atoms with Crippen LogP contribution in [0.15, 0.2) is 34.9 Å². The Hall–Kier alpha value is -2.30. The lowest BCUT2D eigenvalue weighted by Gasteiger charge is -2.01. The first-order valence-electron chi connectivity index (χ1n) is 4.67. The Morgan fingerprint density at radius 3 is 2.94 bits per heavy atom. The molecular formula is C11H10N2O3. The molecule has 0 aliphatic rings. The molecule has 0 amide bonds. The second kappa shape index (κ2) is 4.06. The summed E-state index contributed by atoms with van der Waals surface area (Å²) in [6.45, 7) is 1.96. The smallest absolute Gasteiger partial charge is 0.357 e. The third-order valence-electron chi connectivity index (χ3n) is 1.99. The van der Waals surface area contributed by atoms with Gasteiger partial charge in [0.1, 0.15) is 6.26 Å². The monoisotopic (exact) mass is 218 g/mol. The molecule has 5 nitrogen and oxygen atoms in total. The standard InChI is InChI=1S/C11H10N2O3/c1-7-3-2-4-8(5-7)12-11-13-9(6-16-11)10(14)15/h2-6H,1H3,(H,12,13)(H,14,15). The number of hydrogen-bond donors (Lipinski definition) is 2. The minimum absolute atomic E-state index is 0.116. The number of anilines is 2. The molecule has 0 aliphatic heterocycles. The van der Waals surface area contributed by atoms with E-state index in [1.54, 1.807) is 0 Å². The van der Waals surface area contributed by atoms with Crippen LogP contribution in [0.3, 0.4) is 0 Å². The Kier molecular flexibility index (Phi) is 2.59. The Bertz CT molecular complexity index is 519. The Labute approximate surface area is 91.7 Å². The minimum Gasteiger partial charge on any atom is -0.476 e. The molecule has 0 unspecified atom stereocenters. The van der Waals surface area contributed by atoms with Gasteiger partial charge in [0, 0.05) is 5.69 Å². The quantitative estimate of drug-likeness (QED) is 0.827. The molecule has 82 valence electrons. The first-order valence-corrected chi connectivity index (χ1v) is 4.67. The number of carboxylic acids is 1. The van der Waals surface area contributed by atoms with Crippen molar-refractivity contribution in [2.45, 2.75) is 6.92 Å². The van der Waals surface area contributed by atoms with Crippen LogP contribution in [-0.4, -0.2) is 16.1 Å². The van der Waals surface area contributed by atoms with Crippen molar-refractivity contribution in [3.63, 3.8) is 0 Å². The Balaban J connectivity index is 2.17. The van der Waals surface area contributed by atoms with Crippen LogP contribution in [0.2, 0.25) is 0 Å². The van der Waals surface area contributed by atoms with E-state index in [0.29, 0.717) is 0 Å². The lowest BCUT2D eigenvalue weighted by atomic mass is 10.2. The molecule has 0 atom stereocenters. The molecule has 2 N–H and O–H groups in total. The summed E-state index contributed by atoms with van der Waals surface area (Å²) in [6, 6.07) is 7.77. The number of aromatic carboxylic acids is 1. The molecule has 2 aromatic rings. The van der Waals surface area contributed by atoms with Gasteiger partial charge in [-0.3, -0.25) is 0 Å². The van der Waals surface area contributed by atoms with Crippen molar-refractivity contribution in [3.8, 4) is 0 Å². The van der Waals surface area contributed by atoms with E-state index in [9.17, 15) is 4.79 Å². The zero-order chi connectivity index (χ0) is 11.5. The third kappa shape index (κ3) is 2.20. The van der Waals surface area contributed by atoms with Crippen molar-refractivity contribution >= 4 is 17.7 Å². The normalized spacial score (nSPS) is 10.1. The fourth-order valence-electron chi connectivity index (χ4n) is 1.28. The van der Waals surface area contributed by atoms with Crippen molar-refractivity contribution in [3.05, 3.63) is 41.8 Å². The van der Waals surface area contributed by atoms with Crippen molar-refractivity contribution in [1.82, 2.24) is 4.98 Å². The molecule has 1 heterocycles. The summed E-state index contributed by atoms with van der Waals surface area (Å²) in [5, 5.41) is 11.5. The van der Waals surface area contributed by atoms with Gasteiger partial charge in [-0.2, -0.15) is 4.98 Å². The molecule has 16 heavy (non-hydrogen) atoms. The highest BCUT2D eigenvalue weighted by molar-refractivity contribution is 5.85. The lowest BCUT2D eigenvalue weighted by molar-refractivity contribution is 0.0690. The summed E-state index contributed by atoms with van der Waals surface area (Å²) in [5.41, 5.74) is 1.78. The molecular weight excluding hydrogens is 208 g/mol. The molecule has 0 fully saturated rings. The zero-order valence-electron chi connectivity index (χ0n) is 8.60. The van der Waals surface area contributed by atoms with Crippen LogP contribution >= 0.6 is 0 Å². The maximum atomic E-state index is 10.6. The second-order valence-corrected chi connectivity index (χ2v) is 3.34. The van der Waals surface area contributed by atoms with Crippen LogP contribution in [-0.2, 0) is 0 Å². The van der Waals surface area contributed by atoms with Crippen LogP contribution < -0.4 is 5.32 Å². The van der Waals surface area contributed by atoms with Gasteiger partial charge in [-0.1, -0.05) is 12.1 Å². The number of carbonyl (C=O) groups is 1. The van der Waals surface area contributed by atoms with Crippen molar-refractivity contribution in [2.24, 2.45) is 0 Å². The molecule has 0 aliphatic carbocycles. The maximum absolute atomic E-state index is 10.6. The van der Waals surface area contributed by atoms with Crippen LogP contribution in [0, 0.1) is 6.92 Å². The number of nitrogens with one attached hydrogen (secondary N) is 1. The molecule has 2 rings (SSSR count). The SMILES string of the molecule is Cc1cccc(Nc2nc(C(=O)O)co2)c1. The number of nitrogens with zero attached hydrogens (tertiary/aromatic N) is 1. The number of carboxylic acid groups (broad SMARTS) is 1. The van der Waals surface area contributed by atoms with E-state index in [-0.39, 0.29) is 11.7 Å². The average Bonchev–Trinajstić information content (AvgIpc) is 2.66. The fourth-order valence-corrected chi connectivity index (χ4v) is 1.28. The minimum atomic E-state index is -1.11. The largest absolute Gasteiger partial charge is 0.476 e. The van der Waals surface area contributed by atoms with E-state index in [1.807, 2.05) is 31.2 Å². The van der Waals surface area contributed by atoms with Crippen LogP contribution in [0.25, 0.3) is 0 Å². The Morgan fingerprint density at radius 2 is 2.31 bits per heavy atom. The number of hydrogen-bond acceptors (Lipinski definition) is 4. The van der Waals surface area contributed by atoms with Gasteiger partial charge in [0.2, 0.25) is 0 Å². The van der Waals surface area contributed by atoms with Crippen LogP contribution in [0.4, 0.5) is 11.7 Å². The van der Waals surface area contributed by atoms with Crippen LogP contribution in [0.1, 0.15) is 16.1 Å². The predicted octanol–water partition coefficient (Wildman–Crippen LogP) is 2.42. The molecule has 1 aromatic carbocycles. The summed E-state index contributed by atoms with van der Waals surface area (Å²) in [7, 11) is 0. The van der Waals surface area contributed by atoms with Gasteiger partial charge >= 0.3 is 5.97 Å². The van der Waals surface area contributed by atoms with E-state index in [0.717, 1.165) is 17.5 Å². The summed E-state index contributed by atoms with van der Waals surface area (Å²) in [6.07, 6.45) is 1.10. The highest BCUT2D eigenvalue weighted by atomic mass is 16.4. The van der Waals surface area contributed by atoms with Crippen LogP contribution in [0.5, 0.6) is 0 Å². The van der Waals surface area contributed by atoms with E-state index in [1.165, 1.54) is 0 Å². The fraction of sp³-hybridized carbons (Fsp3) is 0.0909. The van der Waals surface area contributed by atoms with Crippen molar-refractivity contribution in [2.75, 3.05) is 5.32 Å². The van der Waals surface area contributed by atoms with Gasteiger partial charge in [0.25, 0.3) is 6.01 Å². The molecule has 0 saturated heterocycles.